The van der Waals surface area contributed by atoms with Gasteiger partial charge in [-0.3, -0.25) is 4.98 Å². The number of aromatic nitrogens is 2. The van der Waals surface area contributed by atoms with Gasteiger partial charge < -0.3 is 5.32 Å². The second-order valence-corrected chi connectivity index (χ2v) is 5.38. The average Bonchev–Trinajstić information content (AvgIpc) is 2.83. The Morgan fingerprint density at radius 1 is 1.35 bits per heavy atom. The highest BCUT2D eigenvalue weighted by atomic mass is 32.1. The highest BCUT2D eigenvalue weighted by molar-refractivity contribution is 7.15. The minimum atomic E-state index is 0.436. The first-order valence-electron chi connectivity index (χ1n) is 5.96. The van der Waals surface area contributed by atoms with E-state index in [1.807, 2.05) is 42.9 Å². The van der Waals surface area contributed by atoms with Crippen LogP contribution < -0.4 is 5.32 Å². The van der Waals surface area contributed by atoms with Crippen LogP contribution in [-0.4, -0.2) is 17.0 Å². The van der Waals surface area contributed by atoms with E-state index in [1.165, 1.54) is 35.4 Å². The number of pyridine rings is 1. The van der Waals surface area contributed by atoms with Crippen molar-refractivity contribution in [2.45, 2.75) is 25.3 Å². The lowest BCUT2D eigenvalue weighted by Gasteiger charge is -2.19. The standard InChI is InChI=1S/C13H15N3S/c1-14-10-3-2-4-11-12(10)16-13(17-11)9-5-7-15-8-6-9/h5-8,10,14H,2-4H2,1H3. The van der Waals surface area contributed by atoms with Gasteiger partial charge in [0.2, 0.25) is 0 Å². The van der Waals surface area contributed by atoms with E-state index in [4.69, 9.17) is 4.98 Å². The zero-order chi connectivity index (χ0) is 11.7. The van der Waals surface area contributed by atoms with E-state index in [0.29, 0.717) is 6.04 Å². The monoisotopic (exact) mass is 245 g/mol. The van der Waals surface area contributed by atoms with Crippen molar-refractivity contribution in [3.05, 3.63) is 35.1 Å². The highest BCUT2D eigenvalue weighted by Gasteiger charge is 2.23. The summed E-state index contributed by atoms with van der Waals surface area (Å²) in [5, 5.41) is 4.48. The summed E-state index contributed by atoms with van der Waals surface area (Å²) in [6.45, 7) is 0. The first-order valence-corrected chi connectivity index (χ1v) is 6.77. The van der Waals surface area contributed by atoms with Crippen LogP contribution in [0.25, 0.3) is 10.6 Å². The molecule has 3 nitrogen and oxygen atoms in total. The van der Waals surface area contributed by atoms with E-state index < -0.39 is 0 Å². The van der Waals surface area contributed by atoms with Crippen molar-refractivity contribution >= 4 is 11.3 Å². The van der Waals surface area contributed by atoms with Crippen molar-refractivity contribution in [3.8, 4) is 10.6 Å². The topological polar surface area (TPSA) is 37.8 Å². The van der Waals surface area contributed by atoms with Crippen LogP contribution in [0.2, 0.25) is 0 Å². The van der Waals surface area contributed by atoms with Gasteiger partial charge in [-0.2, -0.15) is 0 Å². The molecule has 1 atom stereocenters. The summed E-state index contributed by atoms with van der Waals surface area (Å²) in [6.07, 6.45) is 7.28. The Morgan fingerprint density at radius 3 is 2.94 bits per heavy atom. The second kappa shape index (κ2) is 4.55. The van der Waals surface area contributed by atoms with Crippen LogP contribution >= 0.6 is 11.3 Å². The van der Waals surface area contributed by atoms with Crippen molar-refractivity contribution in [2.24, 2.45) is 0 Å². The van der Waals surface area contributed by atoms with Gasteiger partial charge in [0.25, 0.3) is 0 Å². The molecule has 0 radical (unpaired) electrons. The Hall–Kier alpha value is -1.26. The lowest BCUT2D eigenvalue weighted by Crippen LogP contribution is -2.21. The Bertz CT molecular complexity index is 507. The maximum atomic E-state index is 4.80. The molecular formula is C13H15N3S. The fourth-order valence-corrected chi connectivity index (χ4v) is 3.49. The molecule has 2 aromatic rings. The minimum absolute atomic E-state index is 0.436. The molecule has 0 amide bonds. The number of hydrogen-bond donors (Lipinski definition) is 1. The molecule has 1 N–H and O–H groups in total. The molecule has 0 saturated carbocycles. The Labute approximate surface area is 105 Å². The van der Waals surface area contributed by atoms with Gasteiger partial charge in [-0.25, -0.2) is 4.98 Å². The third kappa shape index (κ3) is 1.98. The minimum Gasteiger partial charge on any atom is -0.312 e. The smallest absolute Gasteiger partial charge is 0.124 e. The molecule has 1 aliphatic rings. The quantitative estimate of drug-likeness (QED) is 0.884. The number of nitrogens with one attached hydrogen (secondary N) is 1. The van der Waals surface area contributed by atoms with Gasteiger partial charge in [-0.05, 0) is 38.4 Å². The molecule has 0 aliphatic heterocycles. The number of thiazole rings is 1. The van der Waals surface area contributed by atoms with E-state index >= 15 is 0 Å². The number of aryl methyl sites for hydroxylation is 1. The molecule has 2 heterocycles. The Kier molecular flexibility index (Phi) is 2.91. The largest absolute Gasteiger partial charge is 0.312 e. The van der Waals surface area contributed by atoms with Crippen LogP contribution in [0.15, 0.2) is 24.5 Å². The normalized spacial score (nSPS) is 19.0. The molecule has 3 rings (SSSR count). The van der Waals surface area contributed by atoms with Crippen LogP contribution in [0.3, 0.4) is 0 Å². The van der Waals surface area contributed by atoms with E-state index in [0.717, 1.165) is 5.01 Å². The zero-order valence-corrected chi connectivity index (χ0v) is 10.6. The fraction of sp³-hybridized carbons (Fsp3) is 0.385. The van der Waals surface area contributed by atoms with Crippen LogP contribution in [0, 0.1) is 0 Å². The van der Waals surface area contributed by atoms with E-state index in [-0.39, 0.29) is 0 Å². The summed E-state index contributed by atoms with van der Waals surface area (Å²) in [7, 11) is 2.02. The summed E-state index contributed by atoms with van der Waals surface area (Å²) in [5.74, 6) is 0. The molecule has 2 aromatic heterocycles. The lowest BCUT2D eigenvalue weighted by atomic mass is 9.98. The van der Waals surface area contributed by atoms with Crippen LogP contribution in [0.5, 0.6) is 0 Å². The zero-order valence-electron chi connectivity index (χ0n) is 9.81. The molecule has 0 bridgehead atoms. The summed E-state index contributed by atoms with van der Waals surface area (Å²) in [5.41, 5.74) is 2.44. The molecule has 1 aliphatic carbocycles. The molecule has 0 spiro atoms. The second-order valence-electron chi connectivity index (χ2n) is 4.30. The summed E-state index contributed by atoms with van der Waals surface area (Å²) in [6, 6.07) is 4.49. The van der Waals surface area contributed by atoms with Crippen molar-refractivity contribution in [1.29, 1.82) is 0 Å². The predicted molar refractivity (Wildman–Crippen MR) is 70.1 cm³/mol. The lowest BCUT2D eigenvalue weighted by molar-refractivity contribution is 0.490. The highest BCUT2D eigenvalue weighted by Crippen LogP contribution is 2.36. The molecule has 17 heavy (non-hydrogen) atoms. The van der Waals surface area contributed by atoms with Crippen molar-refractivity contribution < 1.29 is 0 Å². The summed E-state index contributed by atoms with van der Waals surface area (Å²) >= 11 is 1.83. The molecular weight excluding hydrogens is 230 g/mol. The first kappa shape index (κ1) is 10.9. The molecule has 0 aromatic carbocycles. The van der Waals surface area contributed by atoms with E-state index in [2.05, 4.69) is 10.3 Å². The molecule has 4 heteroatoms. The molecule has 0 saturated heterocycles. The number of fused-ring (bicyclic) bond motifs is 1. The van der Waals surface area contributed by atoms with Gasteiger partial charge in [0.05, 0.1) is 11.7 Å². The van der Waals surface area contributed by atoms with Crippen LogP contribution in [-0.2, 0) is 6.42 Å². The third-order valence-electron chi connectivity index (χ3n) is 3.23. The van der Waals surface area contributed by atoms with Gasteiger partial charge in [-0.1, -0.05) is 0 Å². The van der Waals surface area contributed by atoms with Crippen LogP contribution in [0.1, 0.15) is 29.5 Å². The van der Waals surface area contributed by atoms with E-state index in [1.54, 1.807) is 0 Å². The van der Waals surface area contributed by atoms with Gasteiger partial charge in [-0.15, -0.1) is 11.3 Å². The van der Waals surface area contributed by atoms with Crippen molar-refractivity contribution in [2.75, 3.05) is 7.05 Å². The molecule has 88 valence electrons. The van der Waals surface area contributed by atoms with Gasteiger partial charge >= 0.3 is 0 Å². The third-order valence-corrected chi connectivity index (χ3v) is 4.41. The van der Waals surface area contributed by atoms with Crippen LogP contribution in [0.4, 0.5) is 0 Å². The van der Waals surface area contributed by atoms with E-state index in [9.17, 15) is 0 Å². The predicted octanol–water partition coefficient (Wildman–Crippen LogP) is 2.80. The number of hydrogen-bond acceptors (Lipinski definition) is 4. The van der Waals surface area contributed by atoms with Crippen molar-refractivity contribution in [1.82, 2.24) is 15.3 Å². The fourth-order valence-electron chi connectivity index (χ4n) is 2.32. The summed E-state index contributed by atoms with van der Waals surface area (Å²) < 4.78 is 0. The van der Waals surface area contributed by atoms with Gasteiger partial charge in [0.1, 0.15) is 5.01 Å². The van der Waals surface area contributed by atoms with Gasteiger partial charge in [0.15, 0.2) is 0 Å². The maximum Gasteiger partial charge on any atom is 0.124 e. The Morgan fingerprint density at radius 2 is 2.18 bits per heavy atom. The number of rotatable bonds is 2. The van der Waals surface area contributed by atoms with Crippen molar-refractivity contribution in [3.63, 3.8) is 0 Å². The number of nitrogens with zero attached hydrogens (tertiary/aromatic N) is 2. The molecule has 0 fully saturated rings. The average molecular weight is 245 g/mol. The molecule has 1 unspecified atom stereocenters. The maximum absolute atomic E-state index is 4.80. The Balaban J connectivity index is 2.02. The summed E-state index contributed by atoms with van der Waals surface area (Å²) in [4.78, 5) is 10.3. The van der Waals surface area contributed by atoms with Gasteiger partial charge in [0, 0.05) is 22.8 Å². The SMILES string of the molecule is CNC1CCCc2sc(-c3ccncc3)nc21. The first-order chi connectivity index (χ1) is 8.38.